The number of aromatic nitrogens is 1. The Bertz CT molecular complexity index is 1010. The van der Waals surface area contributed by atoms with Crippen molar-refractivity contribution < 1.29 is 9.53 Å². The number of aryl methyl sites for hydroxylation is 1. The van der Waals surface area contributed by atoms with Crippen LogP contribution < -0.4 is 4.74 Å². The van der Waals surface area contributed by atoms with Crippen LogP contribution >= 0.6 is 22.7 Å². The number of fused-ring (bicyclic) bond motifs is 3. The lowest BCUT2D eigenvalue weighted by Gasteiger charge is -2.28. The van der Waals surface area contributed by atoms with Gasteiger partial charge >= 0.3 is 0 Å². The van der Waals surface area contributed by atoms with E-state index in [2.05, 4.69) is 26.2 Å². The summed E-state index contributed by atoms with van der Waals surface area (Å²) < 4.78 is 8.35. The lowest BCUT2D eigenvalue weighted by Crippen LogP contribution is -2.44. The van der Waals surface area contributed by atoms with E-state index in [1.54, 1.807) is 22.7 Å². The van der Waals surface area contributed by atoms with Gasteiger partial charge in [0.1, 0.15) is 5.75 Å². The van der Waals surface area contributed by atoms with Crippen molar-refractivity contribution in [1.82, 2.24) is 14.8 Å². The van der Waals surface area contributed by atoms with Gasteiger partial charge in [-0.3, -0.25) is 4.79 Å². The van der Waals surface area contributed by atoms with Crippen LogP contribution in [0, 0.1) is 6.92 Å². The number of nitrogens with zero attached hydrogens (tertiary/aromatic N) is 3. The fraction of sp³-hybridized carbons (Fsp3) is 0.524. The molecule has 4 heterocycles. The van der Waals surface area contributed by atoms with Gasteiger partial charge in [0.05, 0.1) is 19.9 Å². The highest BCUT2D eigenvalue weighted by atomic mass is 32.1. The SMILES string of the molecule is Cc1nc2c(cc(OCC(=O)N3CCCC3CN3CCCC3)c3ccsc32)s1. The van der Waals surface area contributed by atoms with Crippen molar-refractivity contribution >= 4 is 48.9 Å². The zero-order valence-corrected chi connectivity index (χ0v) is 17.8. The predicted molar refractivity (Wildman–Crippen MR) is 116 cm³/mol. The van der Waals surface area contributed by atoms with Crippen LogP contribution in [0.25, 0.3) is 20.3 Å². The fourth-order valence-corrected chi connectivity index (χ4v) is 6.38. The van der Waals surface area contributed by atoms with Gasteiger partial charge in [0.2, 0.25) is 0 Å². The molecule has 5 rings (SSSR count). The maximum Gasteiger partial charge on any atom is 0.260 e. The van der Waals surface area contributed by atoms with Crippen molar-refractivity contribution in [1.29, 1.82) is 0 Å². The highest BCUT2D eigenvalue weighted by molar-refractivity contribution is 7.21. The molecule has 1 aromatic carbocycles. The highest BCUT2D eigenvalue weighted by Crippen LogP contribution is 2.38. The Balaban J connectivity index is 1.31. The number of amides is 1. The summed E-state index contributed by atoms with van der Waals surface area (Å²) in [6, 6.07) is 4.47. The monoisotopic (exact) mass is 415 g/mol. The Morgan fingerprint density at radius 2 is 2.14 bits per heavy atom. The molecule has 2 aromatic heterocycles. The molecule has 0 N–H and O–H groups in total. The normalized spacial score (nSPS) is 20.6. The lowest BCUT2D eigenvalue weighted by atomic mass is 10.2. The van der Waals surface area contributed by atoms with E-state index in [0.717, 1.165) is 57.0 Å². The zero-order chi connectivity index (χ0) is 19.1. The van der Waals surface area contributed by atoms with E-state index in [9.17, 15) is 4.79 Å². The van der Waals surface area contributed by atoms with Gasteiger partial charge in [0.15, 0.2) is 6.61 Å². The van der Waals surface area contributed by atoms with Gasteiger partial charge in [-0.05, 0) is 57.1 Å². The summed E-state index contributed by atoms with van der Waals surface area (Å²) in [7, 11) is 0. The number of thiophene rings is 1. The van der Waals surface area contributed by atoms with E-state index in [-0.39, 0.29) is 12.5 Å². The maximum atomic E-state index is 12.9. The molecule has 2 aliphatic rings. The van der Waals surface area contributed by atoms with E-state index in [1.165, 1.54) is 25.9 Å². The standard InChI is InChI=1S/C21H25N3O2S2/c1-14-22-20-18(28-14)11-17(16-6-10-27-21(16)20)26-13-19(25)24-9-4-5-15(24)12-23-7-2-3-8-23/h6,10-11,15H,2-5,7-9,12-13H2,1H3. The molecule has 0 aliphatic carbocycles. The van der Waals surface area contributed by atoms with Gasteiger partial charge in [0, 0.05) is 30.6 Å². The van der Waals surface area contributed by atoms with Crippen LogP contribution in [0.2, 0.25) is 0 Å². The molecule has 28 heavy (non-hydrogen) atoms. The van der Waals surface area contributed by atoms with E-state index >= 15 is 0 Å². The predicted octanol–water partition coefficient (Wildman–Crippen LogP) is 4.29. The highest BCUT2D eigenvalue weighted by Gasteiger charge is 2.31. The van der Waals surface area contributed by atoms with Crippen LogP contribution in [0.5, 0.6) is 5.75 Å². The smallest absolute Gasteiger partial charge is 0.260 e. The molecule has 3 aromatic rings. The Labute approximate surface area is 172 Å². The molecule has 1 unspecified atom stereocenters. The number of ether oxygens (including phenoxy) is 1. The summed E-state index contributed by atoms with van der Waals surface area (Å²) in [4.78, 5) is 22.1. The molecule has 148 valence electrons. The first-order chi connectivity index (χ1) is 13.7. The fourth-order valence-electron chi connectivity index (χ4n) is 4.55. The van der Waals surface area contributed by atoms with Crippen LogP contribution in [-0.2, 0) is 4.79 Å². The van der Waals surface area contributed by atoms with E-state index < -0.39 is 0 Å². The average Bonchev–Trinajstić information content (AvgIpc) is 3.45. The summed E-state index contributed by atoms with van der Waals surface area (Å²) in [5.41, 5.74) is 1.05. The molecule has 2 saturated heterocycles. The van der Waals surface area contributed by atoms with E-state index in [4.69, 9.17) is 4.74 Å². The minimum absolute atomic E-state index is 0.116. The molecule has 5 nitrogen and oxygen atoms in total. The summed E-state index contributed by atoms with van der Waals surface area (Å²) in [5, 5.41) is 4.19. The molecular formula is C21H25N3O2S2. The van der Waals surface area contributed by atoms with Gasteiger partial charge in [-0.25, -0.2) is 4.98 Å². The number of rotatable bonds is 5. The molecule has 2 aliphatic heterocycles. The topological polar surface area (TPSA) is 45.7 Å². The second kappa shape index (κ2) is 7.61. The van der Waals surface area contributed by atoms with Gasteiger partial charge < -0.3 is 14.5 Å². The molecular weight excluding hydrogens is 390 g/mol. The third-order valence-corrected chi connectivity index (χ3v) is 7.72. The maximum absolute atomic E-state index is 12.9. The van der Waals surface area contributed by atoms with Crippen molar-refractivity contribution in [3.63, 3.8) is 0 Å². The Kier molecular flexibility index (Phi) is 4.99. The molecule has 0 bridgehead atoms. The van der Waals surface area contributed by atoms with E-state index in [1.807, 2.05) is 13.0 Å². The minimum atomic E-state index is 0.116. The lowest BCUT2D eigenvalue weighted by molar-refractivity contribution is -0.134. The van der Waals surface area contributed by atoms with Gasteiger partial charge in [-0.2, -0.15) is 0 Å². The van der Waals surface area contributed by atoms with Crippen molar-refractivity contribution in [2.45, 2.75) is 38.6 Å². The third kappa shape index (κ3) is 3.40. The van der Waals surface area contributed by atoms with E-state index in [0.29, 0.717) is 6.04 Å². The van der Waals surface area contributed by atoms with Crippen LogP contribution in [0.15, 0.2) is 17.5 Å². The molecule has 7 heteroatoms. The number of carbonyl (C=O) groups is 1. The van der Waals surface area contributed by atoms with Gasteiger partial charge in [-0.15, -0.1) is 22.7 Å². The number of likely N-dealkylation sites (tertiary alicyclic amines) is 2. The number of hydrogen-bond donors (Lipinski definition) is 0. The molecule has 1 atom stereocenters. The first-order valence-electron chi connectivity index (χ1n) is 10.1. The first kappa shape index (κ1) is 18.3. The molecule has 0 spiro atoms. The summed E-state index contributed by atoms with van der Waals surface area (Å²) in [5.74, 6) is 0.918. The van der Waals surface area contributed by atoms with Crippen molar-refractivity contribution in [2.75, 3.05) is 32.8 Å². The van der Waals surface area contributed by atoms with Crippen molar-refractivity contribution in [3.8, 4) is 5.75 Å². The summed E-state index contributed by atoms with van der Waals surface area (Å²) in [6.07, 6.45) is 4.80. The quantitative estimate of drug-likeness (QED) is 0.624. The second-order valence-electron chi connectivity index (χ2n) is 7.80. The largest absolute Gasteiger partial charge is 0.483 e. The third-order valence-electron chi connectivity index (χ3n) is 5.88. The second-order valence-corrected chi connectivity index (χ2v) is 9.95. The Hall–Kier alpha value is -1.70. The average molecular weight is 416 g/mol. The molecule has 1 amide bonds. The van der Waals surface area contributed by atoms with Crippen LogP contribution in [-0.4, -0.2) is 59.5 Å². The van der Waals surface area contributed by atoms with Gasteiger partial charge in [0.25, 0.3) is 5.91 Å². The molecule has 2 fully saturated rings. The summed E-state index contributed by atoms with van der Waals surface area (Å²) in [6.45, 7) is 6.39. The number of thiazole rings is 1. The molecule has 0 radical (unpaired) electrons. The minimum Gasteiger partial charge on any atom is -0.483 e. The Morgan fingerprint density at radius 3 is 3.00 bits per heavy atom. The number of benzene rings is 1. The van der Waals surface area contributed by atoms with Gasteiger partial charge in [-0.1, -0.05) is 0 Å². The summed E-state index contributed by atoms with van der Waals surface area (Å²) >= 11 is 3.36. The van der Waals surface area contributed by atoms with Crippen LogP contribution in [0.1, 0.15) is 30.7 Å². The Morgan fingerprint density at radius 1 is 1.29 bits per heavy atom. The van der Waals surface area contributed by atoms with Crippen molar-refractivity contribution in [3.05, 3.63) is 22.5 Å². The number of carbonyl (C=O) groups excluding carboxylic acids is 1. The first-order valence-corrected chi connectivity index (χ1v) is 11.8. The van der Waals surface area contributed by atoms with Crippen LogP contribution in [0.3, 0.4) is 0 Å². The zero-order valence-electron chi connectivity index (χ0n) is 16.1. The van der Waals surface area contributed by atoms with Crippen molar-refractivity contribution in [2.24, 2.45) is 0 Å². The number of hydrogen-bond acceptors (Lipinski definition) is 6. The molecule has 0 saturated carbocycles. The van der Waals surface area contributed by atoms with Crippen LogP contribution in [0.4, 0.5) is 0 Å².